The van der Waals surface area contributed by atoms with Gasteiger partial charge < -0.3 is 15.3 Å². The van der Waals surface area contributed by atoms with Crippen LogP contribution in [0.4, 0.5) is 0 Å². The Morgan fingerprint density at radius 3 is 2.57 bits per heavy atom. The van der Waals surface area contributed by atoms with Gasteiger partial charge in [0.25, 0.3) is 0 Å². The van der Waals surface area contributed by atoms with E-state index in [2.05, 4.69) is 4.98 Å². The van der Waals surface area contributed by atoms with Crippen LogP contribution in [0, 0.1) is 6.92 Å². The molecule has 5 heteroatoms. The highest BCUT2D eigenvalue weighted by atomic mass is 35.5. The summed E-state index contributed by atoms with van der Waals surface area (Å²) in [6.07, 6.45) is -2.45. The van der Waals surface area contributed by atoms with Crippen LogP contribution in [0.1, 0.15) is 17.4 Å². The number of aromatic nitrogens is 1. The number of aliphatic hydroxyl groups is 3. The van der Waals surface area contributed by atoms with Crippen LogP contribution in [0.3, 0.4) is 0 Å². The van der Waals surface area contributed by atoms with Gasteiger partial charge in [0.15, 0.2) is 0 Å². The summed E-state index contributed by atoms with van der Waals surface area (Å²) in [5.41, 5.74) is 1.04. The molecule has 0 amide bonds. The van der Waals surface area contributed by atoms with Crippen LogP contribution in [-0.4, -0.2) is 33.0 Å². The van der Waals surface area contributed by atoms with E-state index in [1.807, 2.05) is 0 Å². The second kappa shape index (κ2) is 4.70. The second-order valence-corrected chi connectivity index (χ2v) is 3.39. The Kier molecular flexibility index (Phi) is 3.83. The molecule has 1 heterocycles. The number of nitrogens with zero attached hydrogens (tertiary/aromatic N) is 1. The van der Waals surface area contributed by atoms with Crippen LogP contribution in [0.25, 0.3) is 0 Å². The molecule has 0 saturated heterocycles. The molecule has 1 aromatic heterocycles. The van der Waals surface area contributed by atoms with Crippen molar-refractivity contribution < 1.29 is 15.3 Å². The quantitative estimate of drug-likeness (QED) is 0.642. The molecule has 0 aliphatic carbocycles. The fourth-order valence-corrected chi connectivity index (χ4v) is 1.37. The van der Waals surface area contributed by atoms with Crippen molar-refractivity contribution in [3.63, 3.8) is 0 Å². The van der Waals surface area contributed by atoms with Crippen molar-refractivity contribution >= 4 is 11.6 Å². The number of pyridine rings is 1. The first-order valence-corrected chi connectivity index (χ1v) is 4.54. The molecule has 0 aliphatic rings. The fraction of sp³-hybridized carbons (Fsp3) is 0.444. The SMILES string of the molecule is Cc1ccc(C(O)C(O)CO)c(Cl)n1. The van der Waals surface area contributed by atoms with Crippen molar-refractivity contribution in [2.45, 2.75) is 19.1 Å². The van der Waals surface area contributed by atoms with Crippen molar-refractivity contribution in [1.82, 2.24) is 4.98 Å². The summed E-state index contributed by atoms with van der Waals surface area (Å²) in [6, 6.07) is 3.25. The van der Waals surface area contributed by atoms with E-state index in [1.165, 1.54) is 0 Å². The summed E-state index contributed by atoms with van der Waals surface area (Å²) in [6.45, 7) is 1.25. The molecule has 14 heavy (non-hydrogen) atoms. The topological polar surface area (TPSA) is 73.6 Å². The first-order chi connectivity index (χ1) is 6.56. The zero-order valence-electron chi connectivity index (χ0n) is 7.68. The lowest BCUT2D eigenvalue weighted by Gasteiger charge is -2.16. The Labute approximate surface area is 86.8 Å². The molecule has 0 fully saturated rings. The maximum Gasteiger partial charge on any atom is 0.135 e. The van der Waals surface area contributed by atoms with Gasteiger partial charge in [-0.1, -0.05) is 17.7 Å². The van der Waals surface area contributed by atoms with Gasteiger partial charge >= 0.3 is 0 Å². The number of hydrogen-bond donors (Lipinski definition) is 3. The number of aliphatic hydroxyl groups excluding tert-OH is 3. The lowest BCUT2D eigenvalue weighted by atomic mass is 10.1. The number of hydrogen-bond acceptors (Lipinski definition) is 4. The molecule has 0 radical (unpaired) electrons. The van der Waals surface area contributed by atoms with Gasteiger partial charge in [0.05, 0.1) is 6.61 Å². The van der Waals surface area contributed by atoms with E-state index in [1.54, 1.807) is 19.1 Å². The van der Waals surface area contributed by atoms with E-state index in [0.29, 0.717) is 5.56 Å². The molecule has 0 aliphatic heterocycles. The Hall–Kier alpha value is -0.680. The van der Waals surface area contributed by atoms with Crippen LogP contribution in [0.2, 0.25) is 5.15 Å². The van der Waals surface area contributed by atoms with E-state index in [0.717, 1.165) is 5.69 Å². The second-order valence-electron chi connectivity index (χ2n) is 3.03. The number of rotatable bonds is 3. The number of aryl methyl sites for hydroxylation is 1. The van der Waals surface area contributed by atoms with Crippen LogP contribution >= 0.6 is 11.6 Å². The third-order valence-corrected chi connectivity index (χ3v) is 2.19. The first kappa shape index (κ1) is 11.4. The molecule has 0 bridgehead atoms. The Morgan fingerprint density at radius 1 is 1.43 bits per heavy atom. The smallest absolute Gasteiger partial charge is 0.135 e. The predicted octanol–water partition coefficient (Wildman–Crippen LogP) is 0.430. The highest BCUT2D eigenvalue weighted by Gasteiger charge is 2.20. The molecule has 4 nitrogen and oxygen atoms in total. The minimum Gasteiger partial charge on any atom is -0.394 e. The Bertz CT molecular complexity index is 319. The van der Waals surface area contributed by atoms with Crippen LogP contribution in [-0.2, 0) is 0 Å². The van der Waals surface area contributed by atoms with Crippen LogP contribution in [0.5, 0.6) is 0 Å². The summed E-state index contributed by atoms with van der Waals surface area (Å²) in [5.74, 6) is 0. The molecule has 78 valence electrons. The maximum absolute atomic E-state index is 9.53. The molecule has 1 aromatic rings. The molecule has 0 aromatic carbocycles. The van der Waals surface area contributed by atoms with Gasteiger partial charge in [0.2, 0.25) is 0 Å². The minimum atomic E-state index is -1.24. The van der Waals surface area contributed by atoms with Gasteiger partial charge in [-0.2, -0.15) is 0 Å². The normalized spacial score (nSPS) is 15.2. The van der Waals surface area contributed by atoms with Crippen LogP contribution in [0.15, 0.2) is 12.1 Å². The lowest BCUT2D eigenvalue weighted by molar-refractivity contribution is -0.0153. The zero-order chi connectivity index (χ0) is 10.7. The number of halogens is 1. The molecule has 2 atom stereocenters. The van der Waals surface area contributed by atoms with Crippen molar-refractivity contribution in [1.29, 1.82) is 0 Å². The zero-order valence-corrected chi connectivity index (χ0v) is 8.44. The van der Waals surface area contributed by atoms with E-state index in [9.17, 15) is 10.2 Å². The van der Waals surface area contributed by atoms with Crippen molar-refractivity contribution in [3.05, 3.63) is 28.5 Å². The monoisotopic (exact) mass is 217 g/mol. The van der Waals surface area contributed by atoms with Crippen molar-refractivity contribution in [2.75, 3.05) is 6.61 Å². The van der Waals surface area contributed by atoms with Gasteiger partial charge in [-0.3, -0.25) is 0 Å². The molecular weight excluding hydrogens is 206 g/mol. The summed E-state index contributed by atoms with van der Waals surface area (Å²) in [5, 5.41) is 27.5. The molecular formula is C9H12ClNO3. The highest BCUT2D eigenvalue weighted by Crippen LogP contribution is 2.23. The molecule has 3 N–H and O–H groups in total. The van der Waals surface area contributed by atoms with Gasteiger partial charge in [0.1, 0.15) is 17.4 Å². The average Bonchev–Trinajstić information content (AvgIpc) is 2.15. The predicted molar refractivity (Wildman–Crippen MR) is 52.0 cm³/mol. The van der Waals surface area contributed by atoms with Gasteiger partial charge in [-0.25, -0.2) is 4.98 Å². The lowest BCUT2D eigenvalue weighted by Crippen LogP contribution is -2.22. The van der Waals surface area contributed by atoms with Crippen molar-refractivity contribution in [2.24, 2.45) is 0 Å². The molecule has 1 rings (SSSR count). The standard InChI is InChI=1S/C9H12ClNO3/c1-5-2-3-6(9(10)11-5)8(14)7(13)4-12/h2-3,7-8,12-14H,4H2,1H3. The Balaban J connectivity index is 2.95. The molecule has 2 unspecified atom stereocenters. The average molecular weight is 218 g/mol. The van der Waals surface area contributed by atoms with E-state index >= 15 is 0 Å². The molecule has 0 spiro atoms. The highest BCUT2D eigenvalue weighted by molar-refractivity contribution is 6.30. The first-order valence-electron chi connectivity index (χ1n) is 4.16. The summed E-state index contributed by atoms with van der Waals surface area (Å²) >= 11 is 5.76. The largest absolute Gasteiger partial charge is 0.394 e. The van der Waals surface area contributed by atoms with Crippen LogP contribution < -0.4 is 0 Å². The van der Waals surface area contributed by atoms with E-state index < -0.39 is 18.8 Å². The van der Waals surface area contributed by atoms with Gasteiger partial charge in [0, 0.05) is 11.3 Å². The molecule has 0 saturated carbocycles. The summed E-state index contributed by atoms with van der Waals surface area (Å²) in [7, 11) is 0. The van der Waals surface area contributed by atoms with E-state index in [-0.39, 0.29) is 5.15 Å². The van der Waals surface area contributed by atoms with Gasteiger partial charge in [-0.15, -0.1) is 0 Å². The third kappa shape index (κ3) is 2.42. The van der Waals surface area contributed by atoms with E-state index in [4.69, 9.17) is 16.7 Å². The fourth-order valence-electron chi connectivity index (χ4n) is 1.06. The summed E-state index contributed by atoms with van der Waals surface area (Å²) in [4.78, 5) is 3.92. The Morgan fingerprint density at radius 2 is 2.07 bits per heavy atom. The maximum atomic E-state index is 9.53. The summed E-state index contributed by atoms with van der Waals surface area (Å²) < 4.78 is 0. The van der Waals surface area contributed by atoms with Gasteiger partial charge in [-0.05, 0) is 13.0 Å². The van der Waals surface area contributed by atoms with Crippen molar-refractivity contribution in [3.8, 4) is 0 Å². The minimum absolute atomic E-state index is 0.144. The third-order valence-electron chi connectivity index (χ3n) is 1.89.